The van der Waals surface area contributed by atoms with Gasteiger partial charge in [-0.1, -0.05) is 18.2 Å². The number of carbonyl (C=O) groups is 5. The molecule has 5 rings (SSSR count). The maximum absolute atomic E-state index is 13.7. The van der Waals surface area contributed by atoms with E-state index >= 15 is 0 Å². The van der Waals surface area contributed by atoms with Crippen molar-refractivity contribution in [2.75, 3.05) is 27.2 Å². The second-order valence-electron chi connectivity index (χ2n) is 15.0. The molecule has 1 aliphatic heterocycles. The molecule has 3 aliphatic carbocycles. The lowest BCUT2D eigenvalue weighted by Gasteiger charge is -2.31. The summed E-state index contributed by atoms with van der Waals surface area (Å²) in [6, 6.07) is 6.19. The van der Waals surface area contributed by atoms with E-state index in [1.807, 2.05) is 0 Å². The highest BCUT2D eigenvalue weighted by molar-refractivity contribution is 5.97. The number of fused-ring (bicyclic) bond motifs is 1. The van der Waals surface area contributed by atoms with Crippen molar-refractivity contribution < 1.29 is 48.0 Å². The number of carbonyl (C=O) groups excluding carboxylic acids is 5. The summed E-state index contributed by atoms with van der Waals surface area (Å²) < 4.78 is 24.7. The van der Waals surface area contributed by atoms with Crippen molar-refractivity contribution in [2.45, 2.75) is 108 Å². The molecule has 0 spiro atoms. The van der Waals surface area contributed by atoms with Crippen molar-refractivity contribution >= 4 is 35.7 Å². The number of hydrogen-bond donors (Lipinski definition) is 3. The Kier molecular flexibility index (Phi) is 12.0. The Labute approximate surface area is 299 Å². The second-order valence-corrected chi connectivity index (χ2v) is 15.0. The second kappa shape index (κ2) is 16.1. The predicted molar refractivity (Wildman–Crippen MR) is 186 cm³/mol. The molecule has 0 bridgehead atoms. The zero-order valence-corrected chi connectivity index (χ0v) is 30.1. The van der Waals surface area contributed by atoms with Gasteiger partial charge >= 0.3 is 11.9 Å². The molecule has 1 heterocycles. The number of rotatable bonds is 15. The third kappa shape index (κ3) is 10.0. The standard InChI is InChI=1S/C38H51N3O10/c1-37(2,3)50-33(45)17-15-27(22-42)40-31(43)18-19-39-35(46)24-20-29(34-30(21-24)49-38(51-34,25-11-12-25)26-13-14-26)48-36(47)28-9-7-6-8-23(28)10-16-32(44)41(4)5/h6-10,16,21,25-27,29-30,34,42H,11-15,17-20,22H2,1-5H3,(H,39,46)(H,40,43)/t27-,29+,30+,34-/m0/s1. The SMILES string of the molecule is CN(C)C(=O)C=Cc1ccccc1C(=O)O[C@@H]1CC(C(=O)NCCC(=O)N[C@H](CO)CCC(=O)OC(C)(C)C)=C[C@H]2OC(C3CC3)(C3CC3)O[C@H]21. The first-order valence-corrected chi connectivity index (χ1v) is 17.8. The van der Waals surface area contributed by atoms with Crippen molar-refractivity contribution in [3.05, 3.63) is 53.1 Å². The van der Waals surface area contributed by atoms with Crippen LogP contribution in [0.15, 0.2) is 42.0 Å². The summed E-state index contributed by atoms with van der Waals surface area (Å²) in [6.45, 7) is 4.96. The van der Waals surface area contributed by atoms with Crippen LogP contribution in [0.3, 0.4) is 0 Å². The normalized spacial score (nSPS) is 23.1. The Hall–Kier alpha value is -4.07. The smallest absolute Gasteiger partial charge is 0.339 e. The first-order chi connectivity index (χ1) is 24.2. The van der Waals surface area contributed by atoms with Crippen LogP contribution in [-0.2, 0) is 38.1 Å². The molecule has 1 aromatic carbocycles. The van der Waals surface area contributed by atoms with Crippen LogP contribution in [0.25, 0.3) is 6.08 Å². The van der Waals surface area contributed by atoms with Crippen molar-refractivity contribution in [2.24, 2.45) is 11.8 Å². The molecule has 51 heavy (non-hydrogen) atoms. The fraction of sp³-hybridized carbons (Fsp3) is 0.605. The minimum atomic E-state index is -0.827. The van der Waals surface area contributed by atoms with E-state index in [1.165, 1.54) is 11.0 Å². The summed E-state index contributed by atoms with van der Waals surface area (Å²) in [6.07, 6.45) is 6.89. The number of amides is 3. The largest absolute Gasteiger partial charge is 0.460 e. The van der Waals surface area contributed by atoms with E-state index in [9.17, 15) is 29.1 Å². The van der Waals surface area contributed by atoms with E-state index in [1.54, 1.807) is 71.3 Å². The maximum atomic E-state index is 13.7. The average molecular weight is 710 g/mol. The van der Waals surface area contributed by atoms with Crippen LogP contribution in [0.5, 0.6) is 0 Å². The number of ether oxygens (including phenoxy) is 4. The highest BCUT2D eigenvalue weighted by Gasteiger charge is 2.64. The summed E-state index contributed by atoms with van der Waals surface area (Å²) in [5.41, 5.74) is 0.509. The van der Waals surface area contributed by atoms with Crippen molar-refractivity contribution in [3.63, 3.8) is 0 Å². The topological polar surface area (TPSA) is 170 Å². The number of nitrogens with one attached hydrogen (secondary N) is 2. The lowest BCUT2D eigenvalue weighted by atomic mass is 9.91. The number of hydrogen-bond acceptors (Lipinski definition) is 10. The van der Waals surface area contributed by atoms with Gasteiger partial charge < -0.3 is 39.6 Å². The number of esters is 2. The predicted octanol–water partition coefficient (Wildman–Crippen LogP) is 3.05. The quantitative estimate of drug-likeness (QED) is 0.182. The van der Waals surface area contributed by atoms with Crippen LogP contribution < -0.4 is 10.6 Å². The molecule has 1 saturated heterocycles. The van der Waals surface area contributed by atoms with Gasteiger partial charge in [0.15, 0.2) is 5.79 Å². The molecule has 4 atom stereocenters. The summed E-state index contributed by atoms with van der Waals surface area (Å²) in [7, 11) is 3.28. The minimum absolute atomic E-state index is 0.0155. The van der Waals surface area contributed by atoms with E-state index in [0.29, 0.717) is 11.1 Å². The third-order valence-electron chi connectivity index (χ3n) is 9.33. The zero-order chi connectivity index (χ0) is 36.9. The highest BCUT2D eigenvalue weighted by Crippen LogP contribution is 2.59. The summed E-state index contributed by atoms with van der Waals surface area (Å²) in [5.74, 6) is -2.34. The van der Waals surface area contributed by atoms with E-state index in [0.717, 1.165) is 25.7 Å². The summed E-state index contributed by atoms with van der Waals surface area (Å²) in [4.78, 5) is 65.4. The fourth-order valence-electron chi connectivity index (χ4n) is 6.51. The molecule has 3 amide bonds. The molecule has 3 fully saturated rings. The van der Waals surface area contributed by atoms with Gasteiger partial charge in [-0.2, -0.15) is 0 Å². The van der Waals surface area contributed by atoms with Crippen molar-refractivity contribution in [1.29, 1.82) is 0 Å². The lowest BCUT2D eigenvalue weighted by Crippen LogP contribution is -2.44. The van der Waals surface area contributed by atoms with Crippen LogP contribution in [0.4, 0.5) is 0 Å². The summed E-state index contributed by atoms with van der Waals surface area (Å²) in [5, 5.41) is 15.2. The van der Waals surface area contributed by atoms with Gasteiger partial charge in [0.05, 0.1) is 18.2 Å². The van der Waals surface area contributed by atoms with Gasteiger partial charge in [0, 0.05) is 63.4 Å². The molecular weight excluding hydrogens is 658 g/mol. The van der Waals surface area contributed by atoms with E-state index < -0.39 is 59.5 Å². The van der Waals surface area contributed by atoms with Crippen LogP contribution >= 0.6 is 0 Å². The average Bonchev–Trinajstić information content (AvgIpc) is 4.02. The number of aliphatic hydroxyl groups is 1. The van der Waals surface area contributed by atoms with E-state index in [2.05, 4.69) is 10.6 Å². The molecule has 3 N–H and O–H groups in total. The summed E-state index contributed by atoms with van der Waals surface area (Å²) >= 11 is 0. The zero-order valence-electron chi connectivity index (χ0n) is 30.1. The molecule has 13 heteroatoms. The van der Waals surface area contributed by atoms with Gasteiger partial charge in [0.2, 0.25) is 17.7 Å². The molecule has 4 aliphatic rings. The van der Waals surface area contributed by atoms with Crippen LogP contribution in [0, 0.1) is 11.8 Å². The van der Waals surface area contributed by atoms with E-state index in [-0.39, 0.29) is 62.1 Å². The van der Waals surface area contributed by atoms with Crippen LogP contribution in [0.1, 0.15) is 88.1 Å². The first kappa shape index (κ1) is 38.2. The third-order valence-corrected chi connectivity index (χ3v) is 9.33. The molecule has 278 valence electrons. The molecule has 0 aromatic heterocycles. The van der Waals surface area contributed by atoms with Gasteiger partial charge in [-0.15, -0.1) is 0 Å². The van der Waals surface area contributed by atoms with Crippen molar-refractivity contribution in [1.82, 2.24) is 15.5 Å². The number of likely N-dealkylation sites (N-methyl/N-ethyl adjacent to an activating group) is 1. The fourth-order valence-corrected chi connectivity index (χ4v) is 6.51. The molecule has 2 saturated carbocycles. The van der Waals surface area contributed by atoms with Crippen LogP contribution in [0.2, 0.25) is 0 Å². The Bertz CT molecular complexity index is 1530. The number of aliphatic hydroxyl groups excluding tert-OH is 1. The van der Waals surface area contributed by atoms with Gasteiger partial charge in [0.1, 0.15) is 23.9 Å². The minimum Gasteiger partial charge on any atom is -0.460 e. The molecule has 13 nitrogen and oxygen atoms in total. The van der Waals surface area contributed by atoms with E-state index in [4.69, 9.17) is 18.9 Å². The first-order valence-electron chi connectivity index (χ1n) is 17.8. The van der Waals surface area contributed by atoms with Gasteiger partial charge in [-0.3, -0.25) is 19.2 Å². The van der Waals surface area contributed by atoms with Crippen molar-refractivity contribution in [3.8, 4) is 0 Å². The molecular formula is C38H51N3O10. The molecule has 0 unspecified atom stereocenters. The van der Waals surface area contributed by atoms with Gasteiger partial charge in [-0.05, 0) is 76.7 Å². The lowest BCUT2D eigenvalue weighted by molar-refractivity contribution is -0.209. The Morgan fingerprint density at radius 3 is 2.35 bits per heavy atom. The Morgan fingerprint density at radius 1 is 1.04 bits per heavy atom. The highest BCUT2D eigenvalue weighted by atomic mass is 16.8. The van der Waals surface area contributed by atoms with Gasteiger partial charge in [-0.25, -0.2) is 4.79 Å². The number of nitrogens with zero attached hydrogens (tertiary/aromatic N) is 1. The van der Waals surface area contributed by atoms with Gasteiger partial charge in [0.25, 0.3) is 0 Å². The van der Waals surface area contributed by atoms with Crippen LogP contribution in [-0.4, -0.2) is 103 Å². The Balaban J connectivity index is 1.22. The Morgan fingerprint density at radius 2 is 1.73 bits per heavy atom. The monoisotopic (exact) mass is 709 g/mol. The molecule has 0 radical (unpaired) electrons. The number of benzene rings is 1. The maximum Gasteiger partial charge on any atom is 0.339 e. The molecule has 1 aromatic rings.